The molecule has 4 rings (SSSR count). The van der Waals surface area contributed by atoms with Gasteiger partial charge in [0.1, 0.15) is 29.8 Å². The fraction of sp³-hybridized carbons (Fsp3) is 0.457. The number of aliphatic hydroxyl groups excluding tert-OH is 1. The molecular formula is C35H45NO8. The van der Waals surface area contributed by atoms with Gasteiger partial charge < -0.3 is 38.4 Å². The molecule has 4 atom stereocenters. The molecule has 1 saturated heterocycles. The predicted octanol–water partition coefficient (Wildman–Crippen LogP) is 5.73. The third-order valence-electron chi connectivity index (χ3n) is 7.32. The Morgan fingerprint density at radius 3 is 2.39 bits per heavy atom. The van der Waals surface area contributed by atoms with Crippen molar-refractivity contribution in [3.63, 3.8) is 0 Å². The fourth-order valence-electron chi connectivity index (χ4n) is 5.40. The van der Waals surface area contributed by atoms with Crippen molar-refractivity contribution < 1.29 is 38.3 Å². The molecule has 3 aromatic rings. The molecule has 1 fully saturated rings. The third kappa shape index (κ3) is 8.95. The van der Waals surface area contributed by atoms with E-state index in [9.17, 15) is 9.90 Å². The zero-order valence-corrected chi connectivity index (χ0v) is 26.4. The molecule has 0 saturated carbocycles. The van der Waals surface area contributed by atoms with E-state index in [0.29, 0.717) is 18.9 Å². The first kappa shape index (κ1) is 33.3. The van der Waals surface area contributed by atoms with Gasteiger partial charge in [0.25, 0.3) is 0 Å². The zero-order valence-electron chi connectivity index (χ0n) is 26.4. The van der Waals surface area contributed by atoms with Crippen molar-refractivity contribution in [2.24, 2.45) is 0 Å². The van der Waals surface area contributed by atoms with Gasteiger partial charge in [0.15, 0.2) is 0 Å². The molecule has 0 spiro atoms. The van der Waals surface area contributed by atoms with E-state index >= 15 is 0 Å². The van der Waals surface area contributed by atoms with E-state index in [1.165, 1.54) is 7.11 Å². The van der Waals surface area contributed by atoms with E-state index < -0.39 is 30.0 Å². The van der Waals surface area contributed by atoms with Gasteiger partial charge in [-0.2, -0.15) is 0 Å². The average molecular weight is 608 g/mol. The Morgan fingerprint density at radius 2 is 1.73 bits per heavy atom. The van der Waals surface area contributed by atoms with Crippen LogP contribution >= 0.6 is 0 Å². The van der Waals surface area contributed by atoms with Crippen LogP contribution in [0.25, 0.3) is 10.8 Å². The van der Waals surface area contributed by atoms with Crippen molar-refractivity contribution in [2.45, 2.75) is 57.2 Å². The second kappa shape index (κ2) is 15.4. The van der Waals surface area contributed by atoms with E-state index in [1.54, 1.807) is 18.1 Å². The molecule has 1 aliphatic rings. The highest BCUT2D eigenvalue weighted by atomic mass is 16.6. The molecule has 0 bridgehead atoms. The number of benzene rings is 3. The number of ether oxygens (including phenoxy) is 6. The Morgan fingerprint density at radius 1 is 1.02 bits per heavy atom. The summed E-state index contributed by atoms with van der Waals surface area (Å²) in [6.45, 7) is 10.6. The van der Waals surface area contributed by atoms with E-state index in [4.69, 9.17) is 28.4 Å². The Hall–Kier alpha value is -3.63. The number of carbonyl (C=O) groups excluding carboxylic acids is 1. The van der Waals surface area contributed by atoms with Crippen molar-refractivity contribution in [3.05, 3.63) is 84.4 Å². The quantitative estimate of drug-likeness (QED) is 0.247. The van der Waals surface area contributed by atoms with Gasteiger partial charge in [-0.3, -0.25) is 0 Å². The first-order valence-electron chi connectivity index (χ1n) is 14.9. The molecule has 1 aliphatic heterocycles. The lowest BCUT2D eigenvalue weighted by molar-refractivity contribution is -0.112. The van der Waals surface area contributed by atoms with Crippen molar-refractivity contribution in [3.8, 4) is 11.5 Å². The number of likely N-dealkylation sites (tertiary alicyclic amines) is 1. The van der Waals surface area contributed by atoms with Gasteiger partial charge >= 0.3 is 6.09 Å². The summed E-state index contributed by atoms with van der Waals surface area (Å²) in [4.78, 5) is 14.9. The van der Waals surface area contributed by atoms with Crippen molar-refractivity contribution >= 4 is 16.9 Å². The monoisotopic (exact) mass is 607 g/mol. The van der Waals surface area contributed by atoms with Gasteiger partial charge in [-0.15, -0.1) is 0 Å². The topological polar surface area (TPSA) is 95.9 Å². The van der Waals surface area contributed by atoms with Gasteiger partial charge in [-0.1, -0.05) is 49.1 Å². The number of amides is 1. The number of aliphatic hydroxyl groups is 1. The summed E-state index contributed by atoms with van der Waals surface area (Å²) in [5, 5.41) is 12.5. The van der Waals surface area contributed by atoms with E-state index in [1.807, 2.05) is 75.4 Å². The first-order chi connectivity index (χ1) is 21.1. The number of piperidine rings is 1. The summed E-state index contributed by atoms with van der Waals surface area (Å²) in [6, 6.07) is 19.9. The molecule has 1 amide bonds. The number of fused-ring (bicyclic) bond motifs is 1. The third-order valence-corrected chi connectivity index (χ3v) is 7.32. The highest BCUT2D eigenvalue weighted by molar-refractivity contribution is 5.89. The van der Waals surface area contributed by atoms with Gasteiger partial charge in [-0.25, -0.2) is 4.79 Å². The minimum Gasteiger partial charge on any atom is -0.496 e. The average Bonchev–Trinajstić information content (AvgIpc) is 3.00. The lowest BCUT2D eigenvalue weighted by atomic mass is 9.84. The summed E-state index contributed by atoms with van der Waals surface area (Å²) in [5.41, 5.74) is 1.24. The number of hydrogen-bond acceptors (Lipinski definition) is 8. The first-order valence-corrected chi connectivity index (χ1v) is 14.9. The van der Waals surface area contributed by atoms with Crippen LogP contribution in [0.3, 0.4) is 0 Å². The molecule has 238 valence electrons. The summed E-state index contributed by atoms with van der Waals surface area (Å²) < 4.78 is 35.2. The maximum atomic E-state index is 13.3. The smallest absolute Gasteiger partial charge is 0.410 e. The largest absolute Gasteiger partial charge is 0.496 e. The molecular weight excluding hydrogens is 562 g/mol. The molecule has 3 aromatic carbocycles. The summed E-state index contributed by atoms with van der Waals surface area (Å²) in [5.74, 6) is 1.22. The van der Waals surface area contributed by atoms with E-state index in [0.717, 1.165) is 27.6 Å². The Kier molecular flexibility index (Phi) is 11.6. The lowest BCUT2D eigenvalue weighted by Gasteiger charge is -2.44. The summed E-state index contributed by atoms with van der Waals surface area (Å²) in [7, 11) is 3.18. The van der Waals surface area contributed by atoms with Gasteiger partial charge in [0, 0.05) is 18.4 Å². The van der Waals surface area contributed by atoms with Gasteiger partial charge in [-0.05, 0) is 61.5 Å². The molecule has 1 heterocycles. The van der Waals surface area contributed by atoms with Crippen LogP contribution < -0.4 is 9.47 Å². The molecule has 9 nitrogen and oxygen atoms in total. The van der Waals surface area contributed by atoms with Crippen molar-refractivity contribution in [1.29, 1.82) is 0 Å². The second-order valence-corrected chi connectivity index (χ2v) is 11.9. The second-order valence-electron chi connectivity index (χ2n) is 11.9. The molecule has 0 aliphatic carbocycles. The Bertz CT molecular complexity index is 1370. The van der Waals surface area contributed by atoms with Crippen molar-refractivity contribution in [2.75, 3.05) is 47.1 Å². The van der Waals surface area contributed by atoms with Crippen LogP contribution in [0.2, 0.25) is 0 Å². The standard InChI is InChI=1S/C35H45NO8/c1-7-16-41-28-14-12-25(13-15-28)33-31(42-21-24-17-26-10-8-9-11-29(26)30(18-24)40-6)19-36(34(38)44-35(2,3)4)20-32(33)43-23-27(37)22-39-5/h7-15,17-18,27,31-33,37H,1,16,19-23H2,2-6H3/t27-,31?,32-,33-/m1/s1. The number of carbonyl (C=O) groups is 1. The van der Waals surface area contributed by atoms with Gasteiger partial charge in [0.2, 0.25) is 0 Å². The highest BCUT2D eigenvalue weighted by Crippen LogP contribution is 2.36. The SMILES string of the molecule is C=CCOc1ccc([C@@H]2C(OCc3cc(OC)c4ccccc4c3)CN(C(=O)OC(C)(C)C)C[C@H]2OC[C@H](O)COC)cc1. The number of rotatable bonds is 13. The van der Waals surface area contributed by atoms with Crippen LogP contribution in [0, 0.1) is 0 Å². The lowest BCUT2D eigenvalue weighted by Crippen LogP contribution is -2.55. The minimum atomic E-state index is -0.823. The molecule has 1 unspecified atom stereocenters. The minimum absolute atomic E-state index is 0.0340. The predicted molar refractivity (Wildman–Crippen MR) is 169 cm³/mol. The Balaban J connectivity index is 1.67. The van der Waals surface area contributed by atoms with E-state index in [-0.39, 0.29) is 32.3 Å². The molecule has 0 aromatic heterocycles. The van der Waals surface area contributed by atoms with E-state index in [2.05, 4.69) is 12.6 Å². The maximum Gasteiger partial charge on any atom is 0.410 e. The zero-order chi connectivity index (χ0) is 31.7. The normalized spacial score (nSPS) is 19.4. The molecule has 1 N–H and O–H groups in total. The highest BCUT2D eigenvalue weighted by Gasteiger charge is 2.42. The van der Waals surface area contributed by atoms with Gasteiger partial charge in [0.05, 0.1) is 52.2 Å². The van der Waals surface area contributed by atoms with Crippen LogP contribution in [0.15, 0.2) is 73.3 Å². The summed E-state index contributed by atoms with van der Waals surface area (Å²) >= 11 is 0. The van der Waals surface area contributed by atoms with Crippen LogP contribution in [-0.2, 0) is 25.6 Å². The molecule has 44 heavy (non-hydrogen) atoms. The number of methoxy groups -OCH3 is 2. The number of nitrogens with zero attached hydrogens (tertiary/aromatic N) is 1. The Labute approximate surface area is 260 Å². The fourth-order valence-corrected chi connectivity index (χ4v) is 5.40. The van der Waals surface area contributed by atoms with Crippen LogP contribution in [0.1, 0.15) is 37.8 Å². The van der Waals surface area contributed by atoms with Crippen LogP contribution in [0.5, 0.6) is 11.5 Å². The molecule has 0 radical (unpaired) electrons. The maximum absolute atomic E-state index is 13.3. The van der Waals surface area contributed by atoms with Crippen LogP contribution in [0.4, 0.5) is 4.79 Å². The summed E-state index contributed by atoms with van der Waals surface area (Å²) in [6.07, 6.45) is -0.536. The number of hydrogen-bond donors (Lipinski definition) is 1. The van der Waals surface area contributed by atoms with Crippen molar-refractivity contribution in [1.82, 2.24) is 4.90 Å². The molecule has 9 heteroatoms. The van der Waals surface area contributed by atoms with Crippen LogP contribution in [-0.4, -0.2) is 87.1 Å².